The van der Waals surface area contributed by atoms with Crippen LogP contribution in [-0.2, 0) is 29.2 Å². The minimum atomic E-state index is -0.819. The molecule has 0 aliphatic heterocycles. The Morgan fingerprint density at radius 1 is 0.898 bits per heavy atom. The summed E-state index contributed by atoms with van der Waals surface area (Å²) in [7, 11) is 0. The number of aromatic nitrogens is 2. The third kappa shape index (κ3) is 9.11. The van der Waals surface area contributed by atoms with E-state index in [4.69, 9.17) is 16.3 Å². The number of aromatic hydroxyl groups is 2. The molecule has 0 spiro atoms. The fraction of sp³-hybridized carbons (Fsp3) is 0.162. The van der Waals surface area contributed by atoms with Gasteiger partial charge in [-0.2, -0.15) is 0 Å². The Bertz CT molecular complexity index is 1940. The van der Waals surface area contributed by atoms with Crippen LogP contribution in [0.1, 0.15) is 39.5 Å². The number of phenols is 2. The van der Waals surface area contributed by atoms with Gasteiger partial charge >= 0.3 is 6.09 Å². The van der Waals surface area contributed by atoms with E-state index < -0.39 is 18.0 Å². The van der Waals surface area contributed by atoms with Gasteiger partial charge in [0.05, 0.1) is 17.8 Å². The molecular formula is C37H34ClN5O6. The van der Waals surface area contributed by atoms with Crippen LogP contribution in [0.5, 0.6) is 11.5 Å². The van der Waals surface area contributed by atoms with E-state index in [1.165, 1.54) is 17.0 Å². The maximum atomic E-state index is 13.8. The van der Waals surface area contributed by atoms with Gasteiger partial charge in [0.1, 0.15) is 24.1 Å². The third-order valence-corrected chi connectivity index (χ3v) is 7.80. The number of nitrogens with one attached hydrogen (secondary N) is 2. The van der Waals surface area contributed by atoms with Crippen molar-refractivity contribution in [2.75, 3.05) is 4.90 Å². The lowest BCUT2D eigenvalue weighted by Crippen LogP contribution is -2.44. The van der Waals surface area contributed by atoms with Crippen molar-refractivity contribution in [1.82, 2.24) is 20.6 Å². The Morgan fingerprint density at radius 2 is 1.59 bits per heavy atom. The van der Waals surface area contributed by atoms with Crippen molar-refractivity contribution in [2.24, 2.45) is 0 Å². The molecule has 49 heavy (non-hydrogen) atoms. The van der Waals surface area contributed by atoms with Crippen molar-refractivity contribution in [2.45, 2.75) is 39.6 Å². The number of anilines is 1. The molecule has 0 aliphatic rings. The standard InChI is InChI=1S/C37H34ClN5O6/c1-23-19-40-36(38)42-33(23)28-12-14-29(15-13-28)43(35(47)31-17-16-30(44)18-32(31)45)21-26-10-8-25(9-11-26)20-39-34(46)24(2)41-37(48)49-22-27-6-4-3-5-7-27/h3-19,24,44-45H,20-22H2,1-2H3,(H,39,46)(H,41,48)/t24-/m0/s1. The monoisotopic (exact) mass is 679 g/mol. The Hall–Kier alpha value is -5.94. The molecule has 0 aliphatic carbocycles. The van der Waals surface area contributed by atoms with E-state index in [1.807, 2.05) is 73.7 Å². The summed E-state index contributed by atoms with van der Waals surface area (Å²) in [6.07, 6.45) is 0.942. The van der Waals surface area contributed by atoms with Gasteiger partial charge < -0.3 is 30.5 Å². The summed E-state index contributed by atoms with van der Waals surface area (Å²) in [4.78, 5) is 48.4. The number of benzene rings is 4. The van der Waals surface area contributed by atoms with Gasteiger partial charge in [0.2, 0.25) is 11.2 Å². The first-order valence-corrected chi connectivity index (χ1v) is 15.7. The Kier molecular flexibility index (Phi) is 11.1. The molecule has 0 saturated heterocycles. The van der Waals surface area contributed by atoms with Crippen molar-refractivity contribution in [3.05, 3.63) is 136 Å². The van der Waals surface area contributed by atoms with Crippen molar-refractivity contribution < 1.29 is 29.3 Å². The number of ether oxygens (including phenoxy) is 1. The summed E-state index contributed by atoms with van der Waals surface area (Å²) in [5, 5.41) is 25.7. The first kappa shape index (κ1) is 34.4. The highest BCUT2D eigenvalue weighted by Crippen LogP contribution is 2.30. The number of nitrogens with zero attached hydrogens (tertiary/aromatic N) is 3. The average molecular weight is 680 g/mol. The Labute approximate surface area is 288 Å². The highest BCUT2D eigenvalue weighted by atomic mass is 35.5. The molecule has 0 bridgehead atoms. The second-order valence-electron chi connectivity index (χ2n) is 11.3. The van der Waals surface area contributed by atoms with Gasteiger partial charge in [-0.3, -0.25) is 9.59 Å². The van der Waals surface area contributed by atoms with Crippen LogP contribution in [0.4, 0.5) is 10.5 Å². The molecule has 4 aromatic carbocycles. The topological polar surface area (TPSA) is 154 Å². The van der Waals surface area contributed by atoms with Gasteiger partial charge in [0.15, 0.2) is 0 Å². The van der Waals surface area contributed by atoms with E-state index in [2.05, 4.69) is 20.6 Å². The summed E-state index contributed by atoms with van der Waals surface area (Å²) in [5.41, 5.74) is 5.27. The lowest BCUT2D eigenvalue weighted by Gasteiger charge is -2.24. The number of amides is 3. The fourth-order valence-corrected chi connectivity index (χ4v) is 5.07. The minimum absolute atomic E-state index is 0.0197. The molecule has 1 atom stereocenters. The molecule has 5 rings (SSSR count). The van der Waals surface area contributed by atoms with Gasteiger partial charge in [-0.25, -0.2) is 14.8 Å². The molecule has 1 heterocycles. The third-order valence-electron chi connectivity index (χ3n) is 7.62. The van der Waals surface area contributed by atoms with Gasteiger partial charge in [-0.1, -0.05) is 66.7 Å². The van der Waals surface area contributed by atoms with E-state index in [-0.39, 0.29) is 47.9 Å². The number of hydrogen-bond donors (Lipinski definition) is 4. The maximum Gasteiger partial charge on any atom is 0.408 e. The quantitative estimate of drug-likeness (QED) is 0.119. The summed E-state index contributed by atoms with van der Waals surface area (Å²) in [5.74, 6) is -1.38. The number of halogens is 1. The first-order valence-electron chi connectivity index (χ1n) is 15.3. The van der Waals surface area contributed by atoms with Crippen LogP contribution >= 0.6 is 11.6 Å². The SMILES string of the molecule is Cc1cnc(Cl)nc1-c1ccc(N(Cc2ccc(CNC(=O)[C@H](C)NC(=O)OCc3ccccc3)cc2)C(=O)c2ccc(O)cc2O)cc1. The van der Waals surface area contributed by atoms with Crippen LogP contribution in [0.2, 0.25) is 5.28 Å². The van der Waals surface area contributed by atoms with Crippen molar-refractivity contribution >= 4 is 35.2 Å². The first-order chi connectivity index (χ1) is 23.6. The van der Waals surface area contributed by atoms with Crippen LogP contribution in [0.25, 0.3) is 11.3 Å². The molecule has 3 amide bonds. The van der Waals surface area contributed by atoms with Crippen molar-refractivity contribution in [3.63, 3.8) is 0 Å². The largest absolute Gasteiger partial charge is 0.508 e. The number of phenolic OH excluding ortho intramolecular Hbond substituents is 2. The second-order valence-corrected chi connectivity index (χ2v) is 11.6. The van der Waals surface area contributed by atoms with Crippen LogP contribution in [0.15, 0.2) is 103 Å². The lowest BCUT2D eigenvalue weighted by atomic mass is 10.1. The molecule has 1 aromatic heterocycles. The minimum Gasteiger partial charge on any atom is -0.508 e. The van der Waals surface area contributed by atoms with Gasteiger partial charge in [0, 0.05) is 30.1 Å². The van der Waals surface area contributed by atoms with Crippen LogP contribution < -0.4 is 15.5 Å². The van der Waals surface area contributed by atoms with Crippen LogP contribution in [-0.4, -0.2) is 44.1 Å². The normalized spacial score (nSPS) is 11.3. The van der Waals surface area contributed by atoms with E-state index in [0.717, 1.165) is 33.9 Å². The van der Waals surface area contributed by atoms with Gasteiger partial charge in [-0.05, 0) is 72.0 Å². The summed E-state index contributed by atoms with van der Waals surface area (Å²) < 4.78 is 5.19. The van der Waals surface area contributed by atoms with Crippen LogP contribution in [0, 0.1) is 6.92 Å². The smallest absolute Gasteiger partial charge is 0.408 e. The van der Waals surface area contributed by atoms with E-state index in [1.54, 1.807) is 25.3 Å². The molecule has 12 heteroatoms. The maximum absolute atomic E-state index is 13.8. The predicted octanol–water partition coefficient (Wildman–Crippen LogP) is 6.29. The number of carbonyl (C=O) groups excluding carboxylic acids is 3. The van der Waals surface area contributed by atoms with Crippen molar-refractivity contribution in [3.8, 4) is 22.8 Å². The molecule has 0 fully saturated rings. The zero-order chi connectivity index (χ0) is 34.9. The second kappa shape index (κ2) is 15.8. The van der Waals surface area contributed by atoms with Gasteiger partial charge in [0.25, 0.3) is 5.91 Å². The fourth-order valence-electron chi connectivity index (χ4n) is 4.93. The highest BCUT2D eigenvalue weighted by molar-refractivity contribution is 6.28. The predicted molar refractivity (Wildman–Crippen MR) is 185 cm³/mol. The molecule has 0 radical (unpaired) electrons. The molecule has 4 N–H and O–H groups in total. The molecular weight excluding hydrogens is 646 g/mol. The number of rotatable bonds is 11. The molecule has 0 unspecified atom stereocenters. The molecule has 11 nitrogen and oxygen atoms in total. The van der Waals surface area contributed by atoms with Crippen molar-refractivity contribution in [1.29, 1.82) is 0 Å². The molecule has 5 aromatic rings. The van der Waals surface area contributed by atoms with Gasteiger partial charge in [-0.15, -0.1) is 0 Å². The summed E-state index contributed by atoms with van der Waals surface area (Å²) in [6, 6.07) is 26.7. The Morgan fingerprint density at radius 3 is 2.29 bits per heavy atom. The molecule has 0 saturated carbocycles. The highest BCUT2D eigenvalue weighted by Gasteiger charge is 2.22. The van der Waals surface area contributed by atoms with Crippen LogP contribution in [0.3, 0.4) is 0 Å². The average Bonchev–Trinajstić information content (AvgIpc) is 3.10. The number of alkyl carbamates (subject to hydrolysis) is 1. The van der Waals surface area contributed by atoms with E-state index in [9.17, 15) is 24.6 Å². The zero-order valence-corrected chi connectivity index (χ0v) is 27.5. The Balaban J connectivity index is 1.25. The number of carbonyl (C=O) groups is 3. The summed E-state index contributed by atoms with van der Waals surface area (Å²) >= 11 is 6.02. The number of aryl methyl sites for hydroxylation is 1. The lowest BCUT2D eigenvalue weighted by molar-refractivity contribution is -0.122. The number of hydrogen-bond acceptors (Lipinski definition) is 8. The zero-order valence-electron chi connectivity index (χ0n) is 26.8. The van der Waals surface area contributed by atoms with E-state index >= 15 is 0 Å². The molecule has 250 valence electrons. The summed E-state index contributed by atoms with van der Waals surface area (Å²) in [6.45, 7) is 3.89. The van der Waals surface area contributed by atoms with E-state index in [0.29, 0.717) is 11.4 Å².